The van der Waals surface area contributed by atoms with E-state index in [1.165, 1.54) is 12.1 Å². The van der Waals surface area contributed by atoms with E-state index < -0.39 is 0 Å². The third-order valence-corrected chi connectivity index (χ3v) is 3.86. The predicted octanol–water partition coefficient (Wildman–Crippen LogP) is 0.329. The third-order valence-electron chi connectivity index (χ3n) is 3.86. The Kier molecular flexibility index (Phi) is 6.34. The molecule has 6 nitrogen and oxygen atoms in total. The van der Waals surface area contributed by atoms with Gasteiger partial charge in [-0.2, -0.15) is 0 Å². The minimum Gasteiger partial charge on any atom is -0.368 e. The van der Waals surface area contributed by atoms with Gasteiger partial charge in [0.05, 0.1) is 0 Å². The maximum Gasteiger partial charge on any atom is 0.224 e. The van der Waals surface area contributed by atoms with Crippen LogP contribution in [0.4, 0.5) is 10.1 Å². The van der Waals surface area contributed by atoms with Gasteiger partial charge in [-0.1, -0.05) is 0 Å². The van der Waals surface area contributed by atoms with E-state index in [2.05, 4.69) is 10.2 Å². The molecule has 0 bridgehead atoms. The Balaban J connectivity index is 1.72. The van der Waals surface area contributed by atoms with Crippen molar-refractivity contribution < 1.29 is 14.0 Å². The van der Waals surface area contributed by atoms with Gasteiger partial charge in [-0.25, -0.2) is 4.39 Å². The highest BCUT2D eigenvalue weighted by Crippen LogP contribution is 2.17. The average molecular weight is 322 g/mol. The standard InChI is InChI=1S/C16H23FN4O2/c17-13-1-3-14(4-2-13)20-9-11-21(12-10-20)16(23)6-8-19-15(22)5-7-18/h1-4H,5-12,18H2,(H,19,22). The van der Waals surface area contributed by atoms with Gasteiger partial charge < -0.3 is 20.9 Å². The molecule has 1 aliphatic heterocycles. The Morgan fingerprint density at radius 3 is 2.35 bits per heavy atom. The number of halogens is 1. The van der Waals surface area contributed by atoms with Crippen molar-refractivity contribution in [3.05, 3.63) is 30.1 Å². The average Bonchev–Trinajstić information content (AvgIpc) is 2.56. The molecule has 2 rings (SSSR count). The number of nitrogens with zero attached hydrogens (tertiary/aromatic N) is 2. The highest BCUT2D eigenvalue weighted by molar-refractivity contribution is 5.79. The molecule has 126 valence electrons. The van der Waals surface area contributed by atoms with Crippen molar-refractivity contribution in [1.29, 1.82) is 0 Å². The van der Waals surface area contributed by atoms with Gasteiger partial charge in [-0.3, -0.25) is 9.59 Å². The number of amides is 2. The number of anilines is 1. The summed E-state index contributed by atoms with van der Waals surface area (Å²) in [6.07, 6.45) is 0.581. The van der Waals surface area contributed by atoms with Crippen molar-refractivity contribution in [2.75, 3.05) is 44.2 Å². The number of nitrogens with two attached hydrogens (primary N) is 1. The Labute approximate surface area is 135 Å². The van der Waals surface area contributed by atoms with E-state index in [4.69, 9.17) is 5.73 Å². The summed E-state index contributed by atoms with van der Waals surface area (Å²) in [6, 6.07) is 6.38. The molecule has 1 aliphatic rings. The summed E-state index contributed by atoms with van der Waals surface area (Å²) in [6.45, 7) is 3.36. The molecule has 1 heterocycles. The lowest BCUT2D eigenvalue weighted by Gasteiger charge is -2.36. The first-order valence-corrected chi connectivity index (χ1v) is 7.85. The molecule has 1 fully saturated rings. The summed E-state index contributed by atoms with van der Waals surface area (Å²) in [7, 11) is 0. The van der Waals surface area contributed by atoms with E-state index in [9.17, 15) is 14.0 Å². The second-order valence-corrected chi connectivity index (χ2v) is 5.48. The summed E-state index contributed by atoms with van der Waals surface area (Å²) in [5, 5.41) is 2.68. The minimum atomic E-state index is -0.251. The third kappa shape index (κ3) is 5.21. The SMILES string of the molecule is NCCC(=O)NCCC(=O)N1CCN(c2ccc(F)cc2)CC1. The molecule has 2 amide bonds. The van der Waals surface area contributed by atoms with Crippen LogP contribution in [0.1, 0.15) is 12.8 Å². The molecule has 0 radical (unpaired) electrons. The maximum absolute atomic E-state index is 12.9. The fraction of sp³-hybridized carbons (Fsp3) is 0.500. The van der Waals surface area contributed by atoms with Crippen LogP contribution in [-0.2, 0) is 9.59 Å². The Morgan fingerprint density at radius 1 is 1.09 bits per heavy atom. The monoisotopic (exact) mass is 322 g/mol. The second-order valence-electron chi connectivity index (χ2n) is 5.48. The molecule has 0 atom stereocenters. The summed E-state index contributed by atoms with van der Waals surface area (Å²) in [5.41, 5.74) is 6.25. The topological polar surface area (TPSA) is 78.7 Å². The minimum absolute atomic E-state index is 0.0387. The lowest BCUT2D eigenvalue weighted by molar-refractivity contribution is -0.131. The molecule has 0 aromatic heterocycles. The van der Waals surface area contributed by atoms with E-state index in [-0.39, 0.29) is 24.1 Å². The lowest BCUT2D eigenvalue weighted by Crippen LogP contribution is -2.49. The van der Waals surface area contributed by atoms with Gasteiger partial charge >= 0.3 is 0 Å². The first kappa shape index (κ1) is 17.2. The van der Waals surface area contributed by atoms with Gasteiger partial charge in [0.2, 0.25) is 11.8 Å². The van der Waals surface area contributed by atoms with Crippen molar-refractivity contribution in [3.8, 4) is 0 Å². The number of hydrogen-bond acceptors (Lipinski definition) is 4. The van der Waals surface area contributed by atoms with Crippen molar-refractivity contribution in [1.82, 2.24) is 10.2 Å². The largest absolute Gasteiger partial charge is 0.368 e. The zero-order chi connectivity index (χ0) is 16.7. The molecule has 0 saturated carbocycles. The number of piperazine rings is 1. The van der Waals surface area contributed by atoms with Gasteiger partial charge in [-0.15, -0.1) is 0 Å². The van der Waals surface area contributed by atoms with Crippen LogP contribution in [0.2, 0.25) is 0 Å². The first-order chi connectivity index (χ1) is 11.1. The molecular formula is C16H23FN4O2. The van der Waals surface area contributed by atoms with E-state index in [1.807, 2.05) is 0 Å². The maximum atomic E-state index is 12.9. The Bertz CT molecular complexity index is 527. The molecule has 23 heavy (non-hydrogen) atoms. The molecule has 1 aromatic carbocycles. The molecule has 0 unspecified atom stereocenters. The van der Waals surface area contributed by atoms with Gasteiger partial charge in [0.25, 0.3) is 0 Å². The normalized spacial score (nSPS) is 14.7. The number of nitrogens with one attached hydrogen (secondary N) is 1. The Morgan fingerprint density at radius 2 is 1.74 bits per heavy atom. The molecule has 1 aromatic rings. The van der Waals surface area contributed by atoms with Crippen LogP contribution < -0.4 is 16.0 Å². The zero-order valence-corrected chi connectivity index (χ0v) is 13.1. The second kappa shape index (κ2) is 8.47. The van der Waals surface area contributed by atoms with E-state index in [1.54, 1.807) is 17.0 Å². The summed E-state index contributed by atoms with van der Waals surface area (Å²) < 4.78 is 12.9. The molecule has 0 aliphatic carbocycles. The van der Waals surface area contributed by atoms with Crippen molar-refractivity contribution >= 4 is 17.5 Å². The zero-order valence-electron chi connectivity index (χ0n) is 13.1. The van der Waals surface area contributed by atoms with Gasteiger partial charge in [0.1, 0.15) is 5.82 Å². The van der Waals surface area contributed by atoms with Gasteiger partial charge in [0, 0.05) is 57.8 Å². The van der Waals surface area contributed by atoms with Crippen LogP contribution in [0.15, 0.2) is 24.3 Å². The highest BCUT2D eigenvalue weighted by atomic mass is 19.1. The van der Waals surface area contributed by atoms with Crippen LogP contribution in [0.5, 0.6) is 0 Å². The quantitative estimate of drug-likeness (QED) is 0.791. The summed E-state index contributed by atoms with van der Waals surface area (Å²) in [5.74, 6) is -0.336. The number of benzene rings is 1. The lowest BCUT2D eigenvalue weighted by atomic mass is 10.2. The van der Waals surface area contributed by atoms with Gasteiger partial charge in [-0.05, 0) is 24.3 Å². The molecule has 3 N–H and O–H groups in total. The fourth-order valence-corrected chi connectivity index (χ4v) is 2.55. The van der Waals surface area contributed by atoms with Crippen molar-refractivity contribution in [2.24, 2.45) is 5.73 Å². The van der Waals surface area contributed by atoms with Crippen molar-refractivity contribution in [3.63, 3.8) is 0 Å². The molecule has 0 spiro atoms. The van der Waals surface area contributed by atoms with E-state index in [0.717, 1.165) is 18.8 Å². The fourth-order valence-electron chi connectivity index (χ4n) is 2.55. The smallest absolute Gasteiger partial charge is 0.224 e. The summed E-state index contributed by atoms with van der Waals surface area (Å²) >= 11 is 0. The predicted molar refractivity (Wildman–Crippen MR) is 86.5 cm³/mol. The van der Waals surface area contributed by atoms with Crippen LogP contribution in [0, 0.1) is 5.82 Å². The highest BCUT2D eigenvalue weighted by Gasteiger charge is 2.21. The number of hydrogen-bond donors (Lipinski definition) is 2. The molecular weight excluding hydrogens is 299 g/mol. The number of rotatable bonds is 6. The molecule has 1 saturated heterocycles. The van der Waals surface area contributed by atoms with Gasteiger partial charge in [0.15, 0.2) is 0 Å². The van der Waals surface area contributed by atoms with Crippen LogP contribution in [-0.4, -0.2) is 56.0 Å². The van der Waals surface area contributed by atoms with Crippen LogP contribution in [0.3, 0.4) is 0 Å². The van der Waals surface area contributed by atoms with E-state index in [0.29, 0.717) is 32.6 Å². The number of carbonyl (C=O) groups is 2. The number of carbonyl (C=O) groups excluding carboxylic acids is 2. The van der Waals surface area contributed by atoms with E-state index >= 15 is 0 Å². The first-order valence-electron chi connectivity index (χ1n) is 7.85. The van der Waals surface area contributed by atoms with Crippen LogP contribution >= 0.6 is 0 Å². The summed E-state index contributed by atoms with van der Waals surface area (Å²) in [4.78, 5) is 27.3. The molecule has 7 heteroatoms. The Hall–Kier alpha value is -2.15. The van der Waals surface area contributed by atoms with Crippen LogP contribution in [0.25, 0.3) is 0 Å². The van der Waals surface area contributed by atoms with Crippen molar-refractivity contribution in [2.45, 2.75) is 12.8 Å².